The summed E-state index contributed by atoms with van der Waals surface area (Å²) >= 11 is 0. The average Bonchev–Trinajstić information content (AvgIpc) is 3.27. The number of nitrogens with one attached hydrogen (secondary N) is 1. The van der Waals surface area contributed by atoms with Gasteiger partial charge in [0.25, 0.3) is 0 Å². The molecule has 0 radical (unpaired) electrons. The second kappa shape index (κ2) is 8.38. The van der Waals surface area contributed by atoms with Crippen LogP contribution in [0.2, 0.25) is 0 Å². The zero-order valence-corrected chi connectivity index (χ0v) is 16.1. The van der Waals surface area contributed by atoms with Crippen molar-refractivity contribution in [3.8, 4) is 0 Å². The lowest BCUT2D eigenvalue weighted by molar-refractivity contribution is 0.143. The molecule has 2 aromatic rings. The highest BCUT2D eigenvalue weighted by molar-refractivity contribution is 5.74. The number of urea groups is 1. The van der Waals surface area contributed by atoms with Gasteiger partial charge >= 0.3 is 6.03 Å². The van der Waals surface area contributed by atoms with Crippen molar-refractivity contribution in [3.05, 3.63) is 36.2 Å². The molecule has 7 nitrogen and oxygen atoms in total. The Kier molecular flexibility index (Phi) is 5.96. The fourth-order valence-corrected chi connectivity index (χ4v) is 3.53. The van der Waals surface area contributed by atoms with Gasteiger partial charge in [0.05, 0.1) is 6.20 Å². The molecule has 3 heterocycles. The molecule has 2 aromatic heterocycles. The first kappa shape index (κ1) is 18.5. The fourth-order valence-electron chi connectivity index (χ4n) is 3.53. The van der Waals surface area contributed by atoms with Crippen molar-refractivity contribution in [3.63, 3.8) is 0 Å². The Morgan fingerprint density at radius 3 is 2.92 bits per heavy atom. The van der Waals surface area contributed by atoms with Crippen molar-refractivity contribution < 1.29 is 4.79 Å². The second-order valence-electron chi connectivity index (χ2n) is 7.38. The fraction of sp³-hybridized carbons (Fsp3) is 0.632. The molecule has 0 saturated carbocycles. The van der Waals surface area contributed by atoms with Gasteiger partial charge in [-0.25, -0.2) is 9.78 Å². The van der Waals surface area contributed by atoms with Gasteiger partial charge in [-0.2, -0.15) is 5.10 Å². The quantitative estimate of drug-likeness (QED) is 0.863. The van der Waals surface area contributed by atoms with Crippen molar-refractivity contribution in [1.29, 1.82) is 0 Å². The number of likely N-dealkylation sites (tertiary alicyclic amines) is 1. The summed E-state index contributed by atoms with van der Waals surface area (Å²) in [5.41, 5.74) is 1.04. The van der Waals surface area contributed by atoms with Crippen LogP contribution in [0.3, 0.4) is 0 Å². The van der Waals surface area contributed by atoms with Crippen LogP contribution in [0.5, 0.6) is 0 Å². The maximum Gasteiger partial charge on any atom is 0.317 e. The summed E-state index contributed by atoms with van der Waals surface area (Å²) in [7, 11) is 0. The van der Waals surface area contributed by atoms with Crippen LogP contribution in [0.15, 0.2) is 24.8 Å². The first-order valence-corrected chi connectivity index (χ1v) is 9.60. The van der Waals surface area contributed by atoms with Crippen molar-refractivity contribution >= 4 is 6.03 Å². The monoisotopic (exact) mass is 358 g/mol. The van der Waals surface area contributed by atoms with Crippen molar-refractivity contribution in [1.82, 2.24) is 29.5 Å². The zero-order valence-electron chi connectivity index (χ0n) is 16.1. The summed E-state index contributed by atoms with van der Waals surface area (Å²) in [6.07, 6.45) is 12.0. The van der Waals surface area contributed by atoms with Gasteiger partial charge in [0.1, 0.15) is 5.82 Å². The van der Waals surface area contributed by atoms with E-state index in [4.69, 9.17) is 0 Å². The van der Waals surface area contributed by atoms with Crippen LogP contribution >= 0.6 is 0 Å². The SMILES string of the molecule is Cc1nccn1CCC1CCCCN1C(=O)NCc1cnn(C(C)C)c1. The smallest absolute Gasteiger partial charge is 0.317 e. The molecule has 1 N–H and O–H groups in total. The molecule has 0 aliphatic carbocycles. The summed E-state index contributed by atoms with van der Waals surface area (Å²) in [6, 6.07) is 0.663. The molecule has 0 aromatic carbocycles. The third-order valence-corrected chi connectivity index (χ3v) is 5.14. The number of rotatable bonds is 6. The zero-order chi connectivity index (χ0) is 18.5. The summed E-state index contributed by atoms with van der Waals surface area (Å²) < 4.78 is 4.07. The van der Waals surface area contributed by atoms with Crippen LogP contribution in [-0.4, -0.2) is 42.8 Å². The highest BCUT2D eigenvalue weighted by Gasteiger charge is 2.26. The van der Waals surface area contributed by atoms with Crippen LogP contribution in [0.4, 0.5) is 4.79 Å². The number of hydrogen-bond acceptors (Lipinski definition) is 3. The van der Waals surface area contributed by atoms with Gasteiger partial charge in [-0.05, 0) is 46.5 Å². The molecule has 0 spiro atoms. The van der Waals surface area contributed by atoms with E-state index in [-0.39, 0.29) is 6.03 Å². The Hall–Kier alpha value is -2.31. The lowest BCUT2D eigenvalue weighted by atomic mass is 9.99. The van der Waals surface area contributed by atoms with E-state index in [2.05, 4.69) is 33.8 Å². The first-order valence-electron chi connectivity index (χ1n) is 9.60. The van der Waals surface area contributed by atoms with Crippen molar-refractivity contribution in [2.75, 3.05) is 6.54 Å². The highest BCUT2D eigenvalue weighted by Crippen LogP contribution is 2.21. The minimum Gasteiger partial charge on any atom is -0.335 e. The molecule has 1 unspecified atom stereocenters. The molecule has 26 heavy (non-hydrogen) atoms. The van der Waals surface area contributed by atoms with Crippen LogP contribution in [0.1, 0.15) is 57.0 Å². The number of aromatic nitrogens is 4. The standard InChI is InChI=1S/C19H30N6O/c1-15(2)25-14-17(13-22-25)12-21-19(26)24-9-5-4-6-18(24)7-10-23-11-8-20-16(23)3/h8,11,13-15,18H,4-7,9-10,12H2,1-3H3,(H,21,26). The molecule has 142 valence electrons. The topological polar surface area (TPSA) is 68.0 Å². The van der Waals surface area contributed by atoms with Crippen molar-refractivity contribution in [2.45, 2.75) is 71.6 Å². The van der Waals surface area contributed by atoms with Gasteiger partial charge < -0.3 is 14.8 Å². The Balaban J connectivity index is 1.54. The molecular weight excluding hydrogens is 328 g/mol. The normalized spacial score (nSPS) is 17.7. The van der Waals surface area contributed by atoms with E-state index in [0.717, 1.165) is 43.7 Å². The van der Waals surface area contributed by atoms with Gasteiger partial charge in [-0.15, -0.1) is 0 Å². The number of amides is 2. The maximum absolute atomic E-state index is 12.7. The molecule has 1 saturated heterocycles. The van der Waals surface area contributed by atoms with E-state index in [1.165, 1.54) is 6.42 Å². The Labute approximate surface area is 155 Å². The Morgan fingerprint density at radius 1 is 1.38 bits per heavy atom. The van der Waals surface area contributed by atoms with E-state index < -0.39 is 0 Å². The maximum atomic E-state index is 12.7. The lowest BCUT2D eigenvalue weighted by Crippen LogP contribution is -2.48. The number of hydrogen-bond donors (Lipinski definition) is 1. The number of imidazole rings is 1. The number of piperidine rings is 1. The summed E-state index contributed by atoms with van der Waals surface area (Å²) in [6.45, 7) is 8.47. The van der Waals surface area contributed by atoms with Gasteiger partial charge in [0.2, 0.25) is 0 Å². The molecule has 1 aliphatic rings. The molecule has 1 atom stereocenters. The van der Waals surface area contributed by atoms with E-state index in [1.54, 1.807) is 0 Å². The highest BCUT2D eigenvalue weighted by atomic mass is 16.2. The minimum atomic E-state index is 0.0364. The van der Waals surface area contributed by atoms with Crippen molar-refractivity contribution in [2.24, 2.45) is 0 Å². The predicted octanol–water partition coefficient (Wildman–Crippen LogP) is 3.12. The van der Waals surface area contributed by atoms with Crippen LogP contribution in [-0.2, 0) is 13.1 Å². The summed E-state index contributed by atoms with van der Waals surface area (Å²) in [4.78, 5) is 19.0. The van der Waals surface area contributed by atoms with Crippen LogP contribution in [0, 0.1) is 6.92 Å². The van der Waals surface area contributed by atoms with Gasteiger partial charge in [-0.3, -0.25) is 4.68 Å². The third kappa shape index (κ3) is 4.45. The molecule has 0 bridgehead atoms. The molecule has 1 aliphatic heterocycles. The Bertz CT molecular complexity index is 719. The molecule has 1 fully saturated rings. The largest absolute Gasteiger partial charge is 0.335 e. The second-order valence-corrected chi connectivity index (χ2v) is 7.38. The minimum absolute atomic E-state index is 0.0364. The van der Waals surface area contributed by atoms with E-state index in [0.29, 0.717) is 18.6 Å². The Morgan fingerprint density at radius 2 is 2.23 bits per heavy atom. The summed E-state index contributed by atoms with van der Waals surface area (Å²) in [5.74, 6) is 1.03. The predicted molar refractivity (Wildman–Crippen MR) is 101 cm³/mol. The molecule has 2 amide bonds. The average molecular weight is 358 g/mol. The molecule has 3 rings (SSSR count). The van der Waals surface area contributed by atoms with Gasteiger partial charge in [0, 0.05) is 55.9 Å². The number of nitrogens with zero attached hydrogens (tertiary/aromatic N) is 5. The first-order chi connectivity index (χ1) is 12.5. The van der Waals surface area contributed by atoms with Gasteiger partial charge in [0.15, 0.2) is 0 Å². The number of aryl methyl sites for hydroxylation is 2. The van der Waals surface area contributed by atoms with E-state index in [1.807, 2.05) is 41.3 Å². The third-order valence-electron chi connectivity index (χ3n) is 5.14. The number of carbonyl (C=O) groups is 1. The molecular formula is C19H30N6O. The number of carbonyl (C=O) groups excluding carboxylic acids is 1. The van der Waals surface area contributed by atoms with Gasteiger partial charge in [-0.1, -0.05) is 0 Å². The van der Waals surface area contributed by atoms with E-state index in [9.17, 15) is 4.79 Å². The van der Waals surface area contributed by atoms with Crippen LogP contribution in [0.25, 0.3) is 0 Å². The molecule has 7 heteroatoms. The van der Waals surface area contributed by atoms with E-state index >= 15 is 0 Å². The summed E-state index contributed by atoms with van der Waals surface area (Å²) in [5, 5.41) is 7.40. The lowest BCUT2D eigenvalue weighted by Gasteiger charge is -2.36. The van der Waals surface area contributed by atoms with Crippen LogP contribution < -0.4 is 5.32 Å².